The summed E-state index contributed by atoms with van der Waals surface area (Å²) in [6.07, 6.45) is 2.44. The van der Waals surface area contributed by atoms with Crippen molar-refractivity contribution in [2.45, 2.75) is 32.0 Å². The predicted octanol–water partition coefficient (Wildman–Crippen LogP) is 1.52. The van der Waals surface area contributed by atoms with Gasteiger partial charge in [-0.15, -0.1) is 0 Å². The molecule has 1 aromatic rings. The molecule has 6 heteroatoms. The first-order valence-electron chi connectivity index (χ1n) is 6.15. The molecule has 0 bridgehead atoms. The van der Waals surface area contributed by atoms with Gasteiger partial charge in [0.15, 0.2) is 0 Å². The molecule has 2 atom stereocenters. The molecule has 18 heavy (non-hydrogen) atoms. The van der Waals surface area contributed by atoms with Crippen molar-refractivity contribution < 1.29 is 4.74 Å². The summed E-state index contributed by atoms with van der Waals surface area (Å²) in [5, 5.41) is 4.89. The number of nitrogens with zero attached hydrogens (tertiary/aromatic N) is 3. The van der Waals surface area contributed by atoms with Crippen LogP contribution in [0.4, 0.5) is 0 Å². The second-order valence-electron chi connectivity index (χ2n) is 4.61. The van der Waals surface area contributed by atoms with Gasteiger partial charge in [0.25, 0.3) is 0 Å². The maximum atomic E-state index is 6.23. The van der Waals surface area contributed by atoms with Crippen molar-refractivity contribution in [2.75, 3.05) is 27.7 Å². The number of nitrogens with two attached hydrogens (primary N) is 1. The second-order valence-corrected chi connectivity index (χ2v) is 5.02. The molecule has 0 fully saturated rings. The largest absolute Gasteiger partial charge is 0.379 e. The summed E-state index contributed by atoms with van der Waals surface area (Å²) in [5.74, 6) is 0. The Morgan fingerprint density at radius 2 is 2.22 bits per heavy atom. The van der Waals surface area contributed by atoms with E-state index in [0.717, 1.165) is 25.2 Å². The molecule has 0 aliphatic carbocycles. The average Bonchev–Trinajstić information content (AvgIpc) is 2.69. The van der Waals surface area contributed by atoms with Crippen LogP contribution in [0.25, 0.3) is 0 Å². The van der Waals surface area contributed by atoms with Crippen LogP contribution < -0.4 is 5.73 Å². The normalized spacial score (nSPS) is 15.1. The molecule has 2 N–H and O–H groups in total. The number of aromatic nitrogens is 2. The first-order valence-corrected chi connectivity index (χ1v) is 6.53. The molecule has 2 unspecified atom stereocenters. The van der Waals surface area contributed by atoms with Crippen molar-refractivity contribution in [3.63, 3.8) is 0 Å². The molecule has 0 spiro atoms. The lowest BCUT2D eigenvalue weighted by Gasteiger charge is -2.23. The summed E-state index contributed by atoms with van der Waals surface area (Å²) in [7, 11) is 5.71. The van der Waals surface area contributed by atoms with Gasteiger partial charge in [0.1, 0.15) is 0 Å². The number of methoxy groups -OCH3 is 1. The molecule has 1 heterocycles. The topological polar surface area (TPSA) is 56.3 Å². The molecule has 0 aliphatic heterocycles. The van der Waals surface area contributed by atoms with E-state index < -0.39 is 0 Å². The minimum Gasteiger partial charge on any atom is -0.379 e. The van der Waals surface area contributed by atoms with Crippen LogP contribution in [0.5, 0.6) is 0 Å². The summed E-state index contributed by atoms with van der Waals surface area (Å²) in [6, 6.07) is -0.253. The smallest absolute Gasteiger partial charge is 0.0835 e. The van der Waals surface area contributed by atoms with E-state index in [-0.39, 0.29) is 12.1 Å². The maximum absolute atomic E-state index is 6.23. The van der Waals surface area contributed by atoms with Crippen LogP contribution >= 0.6 is 11.6 Å². The van der Waals surface area contributed by atoms with Crippen LogP contribution in [0.3, 0.4) is 0 Å². The zero-order chi connectivity index (χ0) is 13.7. The first kappa shape index (κ1) is 15.4. The van der Waals surface area contributed by atoms with Gasteiger partial charge in [0.05, 0.1) is 35.6 Å². The number of hydrogen-bond acceptors (Lipinski definition) is 4. The quantitative estimate of drug-likeness (QED) is 0.819. The Kier molecular flexibility index (Phi) is 6.08. The SMILES string of the molecule is CCC(OC)C(N)c1c(Cl)cnn1CCN(C)C. The summed E-state index contributed by atoms with van der Waals surface area (Å²) >= 11 is 6.18. The van der Waals surface area contributed by atoms with Crippen molar-refractivity contribution in [1.29, 1.82) is 0 Å². The van der Waals surface area contributed by atoms with Crippen molar-refractivity contribution in [3.8, 4) is 0 Å². The molecule has 0 saturated carbocycles. The Bertz CT molecular complexity index is 363. The Morgan fingerprint density at radius 1 is 1.56 bits per heavy atom. The number of ether oxygens (including phenoxy) is 1. The number of likely N-dealkylation sites (N-methyl/N-ethyl adjacent to an activating group) is 1. The molecule has 0 aromatic carbocycles. The zero-order valence-electron chi connectivity index (χ0n) is 11.6. The minimum atomic E-state index is -0.253. The van der Waals surface area contributed by atoms with Crippen LogP contribution in [-0.2, 0) is 11.3 Å². The van der Waals surface area contributed by atoms with Crippen LogP contribution in [-0.4, -0.2) is 48.5 Å². The molecule has 0 amide bonds. The lowest BCUT2D eigenvalue weighted by atomic mass is 10.1. The van der Waals surface area contributed by atoms with Crippen molar-refractivity contribution >= 4 is 11.6 Å². The van der Waals surface area contributed by atoms with Gasteiger partial charge in [-0.05, 0) is 20.5 Å². The third-order valence-corrected chi connectivity index (χ3v) is 3.30. The van der Waals surface area contributed by atoms with Gasteiger partial charge in [0, 0.05) is 13.7 Å². The van der Waals surface area contributed by atoms with Crippen molar-refractivity contribution in [2.24, 2.45) is 5.73 Å². The summed E-state index contributed by atoms with van der Waals surface area (Å²) in [6.45, 7) is 3.70. The minimum absolute atomic E-state index is 0.0442. The Morgan fingerprint density at radius 3 is 2.72 bits per heavy atom. The van der Waals surface area contributed by atoms with Gasteiger partial charge in [-0.2, -0.15) is 5.10 Å². The van der Waals surface area contributed by atoms with Gasteiger partial charge in [-0.1, -0.05) is 18.5 Å². The molecule has 0 saturated heterocycles. The fourth-order valence-corrected chi connectivity index (χ4v) is 2.19. The van der Waals surface area contributed by atoms with E-state index in [2.05, 4.69) is 10.00 Å². The number of hydrogen-bond donors (Lipinski definition) is 1. The summed E-state index contributed by atoms with van der Waals surface area (Å²) in [4.78, 5) is 2.10. The van der Waals surface area contributed by atoms with E-state index in [4.69, 9.17) is 22.1 Å². The standard InChI is InChI=1S/C12H23ClN4O/c1-5-10(18-4)11(14)12-9(13)8-15-17(12)7-6-16(2)3/h8,10-11H,5-7,14H2,1-4H3. The van der Waals surface area contributed by atoms with Gasteiger partial charge in [-0.3, -0.25) is 4.68 Å². The molecule has 0 radical (unpaired) electrons. The molecular weight excluding hydrogens is 252 g/mol. The van der Waals surface area contributed by atoms with Crippen molar-refractivity contribution in [3.05, 3.63) is 16.9 Å². The van der Waals surface area contributed by atoms with E-state index in [0.29, 0.717) is 5.02 Å². The number of rotatable bonds is 7. The Labute approximate surface area is 114 Å². The molecule has 5 nitrogen and oxygen atoms in total. The Balaban J connectivity index is 2.89. The highest BCUT2D eigenvalue weighted by Gasteiger charge is 2.24. The van der Waals surface area contributed by atoms with Crippen LogP contribution in [0.1, 0.15) is 25.1 Å². The summed E-state index contributed by atoms with van der Waals surface area (Å²) in [5.41, 5.74) is 7.08. The van der Waals surface area contributed by atoms with Crippen LogP contribution in [0.15, 0.2) is 6.20 Å². The lowest BCUT2D eigenvalue weighted by Crippen LogP contribution is -2.31. The summed E-state index contributed by atoms with van der Waals surface area (Å²) < 4.78 is 7.26. The van der Waals surface area contributed by atoms with E-state index in [1.54, 1.807) is 13.3 Å². The van der Waals surface area contributed by atoms with Gasteiger partial charge in [0.2, 0.25) is 0 Å². The third-order valence-electron chi connectivity index (χ3n) is 3.01. The molecule has 104 valence electrons. The highest BCUT2D eigenvalue weighted by molar-refractivity contribution is 6.31. The van der Waals surface area contributed by atoms with E-state index in [9.17, 15) is 0 Å². The fourth-order valence-electron chi connectivity index (χ4n) is 1.92. The van der Waals surface area contributed by atoms with E-state index >= 15 is 0 Å². The lowest BCUT2D eigenvalue weighted by molar-refractivity contribution is 0.0745. The van der Waals surface area contributed by atoms with E-state index in [1.807, 2.05) is 25.7 Å². The van der Waals surface area contributed by atoms with Gasteiger partial charge in [-0.25, -0.2) is 0 Å². The molecule has 0 aliphatic rings. The molecule has 1 rings (SSSR count). The zero-order valence-corrected chi connectivity index (χ0v) is 12.3. The van der Waals surface area contributed by atoms with Crippen LogP contribution in [0.2, 0.25) is 5.02 Å². The number of halogens is 1. The maximum Gasteiger partial charge on any atom is 0.0835 e. The fraction of sp³-hybridized carbons (Fsp3) is 0.750. The average molecular weight is 275 g/mol. The highest BCUT2D eigenvalue weighted by atomic mass is 35.5. The van der Waals surface area contributed by atoms with E-state index in [1.165, 1.54) is 0 Å². The third kappa shape index (κ3) is 3.68. The predicted molar refractivity (Wildman–Crippen MR) is 73.8 cm³/mol. The van der Waals surface area contributed by atoms with Crippen molar-refractivity contribution in [1.82, 2.24) is 14.7 Å². The van der Waals surface area contributed by atoms with Crippen LogP contribution in [0, 0.1) is 0 Å². The Hall–Kier alpha value is -0.620. The molecular formula is C12H23ClN4O. The first-order chi connectivity index (χ1) is 8.51. The van der Waals surface area contributed by atoms with Gasteiger partial charge < -0.3 is 15.4 Å². The monoisotopic (exact) mass is 274 g/mol. The second kappa shape index (κ2) is 7.09. The highest BCUT2D eigenvalue weighted by Crippen LogP contribution is 2.25. The van der Waals surface area contributed by atoms with Gasteiger partial charge >= 0.3 is 0 Å². The molecule has 1 aromatic heterocycles.